The highest BCUT2D eigenvalue weighted by molar-refractivity contribution is 6.04. The summed E-state index contributed by atoms with van der Waals surface area (Å²) >= 11 is 0. The largest absolute Gasteiger partial charge is 0.477 e. The van der Waals surface area contributed by atoms with E-state index < -0.39 is 23.1 Å². The molecular weight excluding hydrogens is 470 g/mol. The van der Waals surface area contributed by atoms with Crippen molar-refractivity contribution in [2.75, 3.05) is 0 Å². The number of nitrogens with zero attached hydrogens (tertiary/aromatic N) is 2. The van der Waals surface area contributed by atoms with Gasteiger partial charge in [-0.2, -0.15) is 0 Å². The van der Waals surface area contributed by atoms with E-state index in [1.54, 1.807) is 38.2 Å². The highest BCUT2D eigenvalue weighted by Crippen LogP contribution is 2.28. The lowest BCUT2D eigenvalue weighted by Gasteiger charge is -2.19. The molecule has 0 radical (unpaired) electrons. The zero-order chi connectivity index (χ0) is 27.6. The Labute approximate surface area is 215 Å². The van der Waals surface area contributed by atoms with Crippen molar-refractivity contribution in [2.45, 2.75) is 46.5 Å². The summed E-state index contributed by atoms with van der Waals surface area (Å²) in [4.78, 5) is 50.3. The number of rotatable bonds is 7. The van der Waals surface area contributed by atoms with Crippen LogP contribution in [0, 0.1) is 6.92 Å². The number of benzene rings is 2. The molecular formula is C29H33N3O5. The van der Waals surface area contributed by atoms with Gasteiger partial charge in [0.05, 0.1) is 5.56 Å². The minimum absolute atomic E-state index is 0.0814. The first kappa shape index (κ1) is 27.4. The molecule has 1 heterocycles. The minimum Gasteiger partial charge on any atom is -0.477 e. The Hall–Kier alpha value is -4.20. The van der Waals surface area contributed by atoms with E-state index in [0.29, 0.717) is 27.9 Å². The first-order chi connectivity index (χ1) is 17.3. The van der Waals surface area contributed by atoms with Crippen molar-refractivity contribution >= 4 is 18.0 Å². The maximum Gasteiger partial charge on any atom is 0.352 e. The van der Waals surface area contributed by atoms with E-state index >= 15 is 0 Å². The summed E-state index contributed by atoms with van der Waals surface area (Å²) in [6.45, 7) is 9.66. The maximum absolute atomic E-state index is 13.3. The van der Waals surface area contributed by atoms with Crippen LogP contribution in [0.2, 0.25) is 0 Å². The van der Waals surface area contributed by atoms with Crippen LogP contribution in [0.15, 0.2) is 57.8 Å². The van der Waals surface area contributed by atoms with Gasteiger partial charge in [0.25, 0.3) is 11.5 Å². The van der Waals surface area contributed by atoms with Crippen LogP contribution in [0.5, 0.6) is 0 Å². The van der Waals surface area contributed by atoms with Gasteiger partial charge in [-0.05, 0) is 47.1 Å². The van der Waals surface area contributed by atoms with Crippen LogP contribution in [0.25, 0.3) is 17.2 Å². The van der Waals surface area contributed by atoms with Crippen LogP contribution in [-0.4, -0.2) is 26.1 Å². The molecule has 194 valence electrons. The lowest BCUT2D eigenvalue weighted by Crippen LogP contribution is -2.39. The number of aromatic nitrogens is 2. The third-order valence-corrected chi connectivity index (χ3v) is 6.55. The number of hydrogen-bond donors (Lipinski definition) is 2. The van der Waals surface area contributed by atoms with Gasteiger partial charge in [0.15, 0.2) is 0 Å². The number of carbonyl (C=O) groups excluding carboxylic acids is 1. The summed E-state index contributed by atoms with van der Waals surface area (Å²) < 4.78 is 2.46. The molecule has 8 heteroatoms. The maximum atomic E-state index is 13.3. The Balaban J connectivity index is 2.00. The quantitative estimate of drug-likeness (QED) is 0.471. The van der Waals surface area contributed by atoms with Crippen LogP contribution < -0.4 is 16.6 Å². The first-order valence-electron chi connectivity index (χ1n) is 12.1. The molecule has 0 aliphatic rings. The van der Waals surface area contributed by atoms with E-state index in [4.69, 9.17) is 0 Å². The molecule has 0 bridgehead atoms. The van der Waals surface area contributed by atoms with Crippen LogP contribution in [-0.2, 0) is 18.9 Å². The van der Waals surface area contributed by atoms with E-state index in [1.807, 2.05) is 45.9 Å². The number of nitrogens with one attached hydrogen (secondary N) is 1. The Morgan fingerprint density at radius 1 is 0.892 bits per heavy atom. The van der Waals surface area contributed by atoms with Crippen LogP contribution in [0.1, 0.15) is 72.3 Å². The van der Waals surface area contributed by atoms with Gasteiger partial charge in [0.2, 0.25) is 0 Å². The van der Waals surface area contributed by atoms with Gasteiger partial charge < -0.3 is 15.0 Å². The monoisotopic (exact) mass is 503 g/mol. The van der Waals surface area contributed by atoms with E-state index in [9.17, 15) is 24.3 Å². The summed E-state index contributed by atoms with van der Waals surface area (Å²) in [6, 6.07) is 12.4. The molecule has 8 nitrogen and oxygen atoms in total. The van der Waals surface area contributed by atoms with Crippen molar-refractivity contribution in [3.05, 3.63) is 96.9 Å². The van der Waals surface area contributed by atoms with Crippen LogP contribution in [0.4, 0.5) is 0 Å². The van der Waals surface area contributed by atoms with Crippen molar-refractivity contribution in [2.24, 2.45) is 14.1 Å². The summed E-state index contributed by atoms with van der Waals surface area (Å²) in [7, 11) is 3.02. The molecule has 0 spiro atoms. The Bertz CT molecular complexity index is 1480. The van der Waals surface area contributed by atoms with E-state index in [0.717, 1.165) is 15.7 Å². The standard InChI is InChI=1S/C29H33N3O5/c1-16(2)21-9-8-10-22(17(3)4)25(21)26(33)30-23(28(35)36)15-19-11-13-20(14-12-19)24-18(5)31(6)29(37)32(7)27(24)34/h8-17H,1-7H3,(H,30,33)(H,35,36)/b23-15-. The summed E-state index contributed by atoms with van der Waals surface area (Å²) in [5.41, 5.74) is 3.16. The molecule has 0 fully saturated rings. The first-order valence-corrected chi connectivity index (χ1v) is 12.1. The third kappa shape index (κ3) is 5.48. The number of carbonyl (C=O) groups is 2. The second-order valence-corrected chi connectivity index (χ2v) is 9.73. The summed E-state index contributed by atoms with van der Waals surface area (Å²) in [6.07, 6.45) is 1.38. The molecule has 0 unspecified atom stereocenters. The van der Waals surface area contributed by atoms with Crippen molar-refractivity contribution in [1.82, 2.24) is 14.5 Å². The van der Waals surface area contributed by atoms with Crippen LogP contribution in [0.3, 0.4) is 0 Å². The Morgan fingerprint density at radius 2 is 1.43 bits per heavy atom. The van der Waals surface area contributed by atoms with Crippen molar-refractivity contribution < 1.29 is 14.7 Å². The van der Waals surface area contributed by atoms with Gasteiger partial charge in [0.1, 0.15) is 5.70 Å². The van der Waals surface area contributed by atoms with Crippen LogP contribution >= 0.6 is 0 Å². The number of carboxylic acid groups (broad SMARTS) is 1. The molecule has 3 rings (SSSR count). The normalized spacial score (nSPS) is 11.8. The van der Waals surface area contributed by atoms with Crippen molar-refractivity contribution in [1.29, 1.82) is 0 Å². The van der Waals surface area contributed by atoms with E-state index in [2.05, 4.69) is 5.32 Å². The van der Waals surface area contributed by atoms with Gasteiger partial charge >= 0.3 is 11.7 Å². The van der Waals surface area contributed by atoms with Gasteiger partial charge in [-0.15, -0.1) is 0 Å². The number of amides is 1. The van der Waals surface area contributed by atoms with Gasteiger partial charge in [-0.3, -0.25) is 14.2 Å². The second-order valence-electron chi connectivity index (χ2n) is 9.73. The Morgan fingerprint density at radius 3 is 1.92 bits per heavy atom. The lowest BCUT2D eigenvalue weighted by molar-refractivity contribution is -0.132. The summed E-state index contributed by atoms with van der Waals surface area (Å²) in [5.74, 6) is -1.58. The highest BCUT2D eigenvalue weighted by Gasteiger charge is 2.22. The van der Waals surface area contributed by atoms with Crippen molar-refractivity contribution in [3.63, 3.8) is 0 Å². The van der Waals surface area contributed by atoms with Gasteiger partial charge in [-0.25, -0.2) is 9.59 Å². The molecule has 0 aliphatic carbocycles. The number of aliphatic carboxylic acids is 1. The highest BCUT2D eigenvalue weighted by atomic mass is 16.4. The SMILES string of the molecule is Cc1c(-c2ccc(/C=C(\NC(=O)c3c(C(C)C)cccc3C(C)C)C(=O)O)cc2)c(=O)n(C)c(=O)n1C. The molecule has 2 aromatic carbocycles. The fourth-order valence-corrected chi connectivity index (χ4v) is 4.34. The zero-order valence-corrected chi connectivity index (χ0v) is 22.2. The smallest absolute Gasteiger partial charge is 0.352 e. The molecule has 3 aromatic rings. The second kappa shape index (κ2) is 10.8. The predicted octanol–water partition coefficient (Wildman–Crippen LogP) is 4.16. The van der Waals surface area contributed by atoms with Crippen molar-refractivity contribution in [3.8, 4) is 11.1 Å². The Kier molecular flexibility index (Phi) is 8.01. The molecule has 2 N–H and O–H groups in total. The minimum atomic E-state index is -1.27. The molecule has 0 aliphatic heterocycles. The van der Waals surface area contributed by atoms with E-state index in [-0.39, 0.29) is 17.5 Å². The number of hydrogen-bond acceptors (Lipinski definition) is 4. The molecule has 1 aromatic heterocycles. The lowest BCUT2D eigenvalue weighted by atomic mass is 9.88. The van der Waals surface area contributed by atoms with Gasteiger partial charge in [0, 0.05) is 25.4 Å². The van der Waals surface area contributed by atoms with Gasteiger partial charge in [-0.1, -0.05) is 70.2 Å². The number of carboxylic acids is 1. The predicted molar refractivity (Wildman–Crippen MR) is 145 cm³/mol. The fourth-order valence-electron chi connectivity index (χ4n) is 4.34. The van der Waals surface area contributed by atoms with E-state index in [1.165, 1.54) is 17.7 Å². The third-order valence-electron chi connectivity index (χ3n) is 6.55. The average molecular weight is 504 g/mol. The molecule has 37 heavy (non-hydrogen) atoms. The molecule has 1 amide bonds. The zero-order valence-electron chi connectivity index (χ0n) is 22.2. The molecule has 0 atom stereocenters. The topological polar surface area (TPSA) is 110 Å². The molecule has 0 saturated carbocycles. The fraction of sp³-hybridized carbons (Fsp3) is 0.310. The average Bonchev–Trinajstić information content (AvgIpc) is 2.86. The summed E-state index contributed by atoms with van der Waals surface area (Å²) in [5, 5.41) is 12.4. The molecule has 0 saturated heterocycles.